The minimum Gasteiger partial charge on any atom is -0.384 e. The first kappa shape index (κ1) is 9.61. The highest BCUT2D eigenvalue weighted by molar-refractivity contribution is 5.01. The molecular weight excluding hydrogens is 180 g/mol. The van der Waals surface area contributed by atoms with Gasteiger partial charge in [0.1, 0.15) is 11.6 Å². The van der Waals surface area contributed by atoms with Crippen molar-refractivity contribution in [3.8, 4) is 0 Å². The number of methoxy groups -OCH3 is 1. The average molecular weight is 196 g/mol. The van der Waals surface area contributed by atoms with Crippen LogP contribution in [0, 0.1) is 6.92 Å². The Balaban J connectivity index is 2.13. The molecule has 0 bridgehead atoms. The predicted octanol–water partition coefficient (Wildman–Crippen LogP) is -0.0803. The van der Waals surface area contributed by atoms with Gasteiger partial charge >= 0.3 is 0 Å². The maximum absolute atomic E-state index is 5.04. The molecule has 0 amide bonds. The molecule has 0 spiro atoms. The molecule has 1 aliphatic rings. The summed E-state index contributed by atoms with van der Waals surface area (Å²) in [6.45, 7) is 4.76. The summed E-state index contributed by atoms with van der Waals surface area (Å²) in [6, 6.07) is 0.539. The van der Waals surface area contributed by atoms with Gasteiger partial charge in [0, 0.05) is 26.6 Å². The maximum atomic E-state index is 5.04. The van der Waals surface area contributed by atoms with Gasteiger partial charge in [0.2, 0.25) is 0 Å². The van der Waals surface area contributed by atoms with Gasteiger partial charge in [0.25, 0.3) is 0 Å². The van der Waals surface area contributed by atoms with Crippen LogP contribution in [0.4, 0.5) is 0 Å². The Labute approximate surface area is 83.5 Å². The van der Waals surface area contributed by atoms with Crippen LogP contribution in [0.5, 0.6) is 0 Å². The van der Waals surface area contributed by atoms with Crippen molar-refractivity contribution in [1.82, 2.24) is 20.1 Å². The van der Waals surface area contributed by atoms with Gasteiger partial charge in [-0.1, -0.05) is 0 Å². The molecule has 0 atom stereocenters. The van der Waals surface area contributed by atoms with Crippen LogP contribution in [0.15, 0.2) is 0 Å². The van der Waals surface area contributed by atoms with E-state index in [4.69, 9.17) is 4.74 Å². The van der Waals surface area contributed by atoms with Crippen molar-refractivity contribution in [2.24, 2.45) is 0 Å². The number of nitrogens with zero attached hydrogens (tertiary/aromatic N) is 3. The Hall–Kier alpha value is -0.940. The Morgan fingerprint density at radius 3 is 2.86 bits per heavy atom. The number of hydrogen-bond donors (Lipinski definition) is 1. The van der Waals surface area contributed by atoms with Gasteiger partial charge in [-0.3, -0.25) is 0 Å². The van der Waals surface area contributed by atoms with Crippen LogP contribution in [-0.2, 0) is 11.2 Å². The van der Waals surface area contributed by atoms with E-state index < -0.39 is 0 Å². The molecule has 78 valence electrons. The van der Waals surface area contributed by atoms with Gasteiger partial charge < -0.3 is 14.6 Å². The lowest BCUT2D eigenvalue weighted by Gasteiger charge is -2.30. The molecule has 1 aromatic heterocycles. The van der Waals surface area contributed by atoms with Crippen LogP contribution in [0.1, 0.15) is 17.7 Å². The molecule has 0 saturated carbocycles. The molecule has 1 aromatic rings. The molecule has 0 radical (unpaired) electrons. The first-order valence-electron chi connectivity index (χ1n) is 4.93. The Kier molecular flexibility index (Phi) is 2.79. The van der Waals surface area contributed by atoms with Crippen LogP contribution in [0.2, 0.25) is 0 Å². The third-order valence-corrected chi connectivity index (χ3v) is 2.59. The molecule has 0 unspecified atom stereocenters. The van der Waals surface area contributed by atoms with Crippen molar-refractivity contribution < 1.29 is 4.74 Å². The summed E-state index contributed by atoms with van der Waals surface area (Å²) < 4.78 is 7.26. The van der Waals surface area contributed by atoms with E-state index >= 15 is 0 Å². The minimum atomic E-state index is 0.539. The predicted molar refractivity (Wildman–Crippen MR) is 52.2 cm³/mol. The second-order valence-electron chi connectivity index (χ2n) is 3.59. The van der Waals surface area contributed by atoms with Crippen LogP contribution in [-0.4, -0.2) is 41.6 Å². The van der Waals surface area contributed by atoms with Crippen molar-refractivity contribution in [3.63, 3.8) is 0 Å². The van der Waals surface area contributed by atoms with Crippen molar-refractivity contribution in [1.29, 1.82) is 0 Å². The van der Waals surface area contributed by atoms with Crippen LogP contribution >= 0.6 is 0 Å². The zero-order chi connectivity index (χ0) is 9.97. The Morgan fingerprint density at radius 2 is 2.29 bits per heavy atom. The molecule has 5 nitrogen and oxygen atoms in total. The summed E-state index contributed by atoms with van der Waals surface area (Å²) in [5, 5.41) is 11.5. The Morgan fingerprint density at radius 1 is 1.50 bits per heavy atom. The van der Waals surface area contributed by atoms with Crippen LogP contribution < -0.4 is 5.32 Å². The van der Waals surface area contributed by atoms with Gasteiger partial charge in [-0.15, -0.1) is 10.2 Å². The summed E-state index contributed by atoms with van der Waals surface area (Å²) in [5.74, 6) is 2.04. The van der Waals surface area contributed by atoms with E-state index in [0.717, 1.165) is 31.2 Å². The Bertz CT molecular complexity index is 306. The van der Waals surface area contributed by atoms with E-state index in [1.54, 1.807) is 7.11 Å². The lowest BCUT2D eigenvalue weighted by atomic mass is 10.1. The molecule has 2 heterocycles. The summed E-state index contributed by atoms with van der Waals surface area (Å²) in [5.41, 5.74) is 0. The number of aromatic nitrogens is 3. The quantitative estimate of drug-likeness (QED) is 0.732. The maximum Gasteiger partial charge on any atom is 0.135 e. The van der Waals surface area contributed by atoms with Gasteiger partial charge in [0.05, 0.1) is 12.6 Å². The highest BCUT2D eigenvalue weighted by atomic mass is 16.5. The van der Waals surface area contributed by atoms with Crippen molar-refractivity contribution >= 4 is 0 Å². The summed E-state index contributed by atoms with van der Waals surface area (Å²) in [7, 11) is 1.71. The first-order chi connectivity index (χ1) is 6.83. The molecular formula is C9H16N4O. The number of aryl methyl sites for hydroxylation is 1. The summed E-state index contributed by atoms with van der Waals surface area (Å²) in [4.78, 5) is 0. The van der Waals surface area contributed by atoms with E-state index in [2.05, 4.69) is 20.1 Å². The molecule has 1 N–H and O–H groups in total. The van der Waals surface area contributed by atoms with E-state index in [1.165, 1.54) is 0 Å². The summed E-state index contributed by atoms with van der Waals surface area (Å²) >= 11 is 0. The lowest BCUT2D eigenvalue weighted by Crippen LogP contribution is -2.44. The SMILES string of the molecule is COCCc1nnc(C)n1C1CNC1. The van der Waals surface area contributed by atoms with Gasteiger partial charge in [-0.2, -0.15) is 0 Å². The van der Waals surface area contributed by atoms with E-state index in [9.17, 15) is 0 Å². The second-order valence-corrected chi connectivity index (χ2v) is 3.59. The molecule has 2 rings (SSSR count). The first-order valence-corrected chi connectivity index (χ1v) is 4.93. The van der Waals surface area contributed by atoms with Gasteiger partial charge in [-0.05, 0) is 6.92 Å². The summed E-state index contributed by atoms with van der Waals surface area (Å²) in [6.07, 6.45) is 0.841. The fourth-order valence-corrected chi connectivity index (χ4v) is 1.71. The number of nitrogens with one attached hydrogen (secondary N) is 1. The third kappa shape index (κ3) is 1.65. The normalized spacial score (nSPS) is 17.0. The molecule has 14 heavy (non-hydrogen) atoms. The molecule has 1 aliphatic heterocycles. The smallest absolute Gasteiger partial charge is 0.135 e. The van der Waals surface area contributed by atoms with Crippen molar-refractivity contribution in [2.75, 3.05) is 26.8 Å². The van der Waals surface area contributed by atoms with E-state index in [0.29, 0.717) is 12.6 Å². The highest BCUT2D eigenvalue weighted by Crippen LogP contribution is 2.16. The van der Waals surface area contributed by atoms with Crippen LogP contribution in [0.3, 0.4) is 0 Å². The minimum absolute atomic E-state index is 0.539. The standard InChI is InChI=1S/C9H16N4O/c1-7-11-12-9(3-4-14-2)13(7)8-5-10-6-8/h8,10H,3-6H2,1-2H3. The molecule has 5 heteroatoms. The highest BCUT2D eigenvalue weighted by Gasteiger charge is 2.23. The second kappa shape index (κ2) is 4.06. The third-order valence-electron chi connectivity index (χ3n) is 2.59. The fourth-order valence-electron chi connectivity index (χ4n) is 1.71. The molecule has 1 saturated heterocycles. The lowest BCUT2D eigenvalue weighted by molar-refractivity contribution is 0.197. The zero-order valence-corrected chi connectivity index (χ0v) is 8.66. The van der Waals surface area contributed by atoms with E-state index in [1.807, 2.05) is 6.92 Å². The largest absolute Gasteiger partial charge is 0.384 e. The zero-order valence-electron chi connectivity index (χ0n) is 8.66. The van der Waals surface area contributed by atoms with Gasteiger partial charge in [-0.25, -0.2) is 0 Å². The van der Waals surface area contributed by atoms with Gasteiger partial charge in [0.15, 0.2) is 0 Å². The van der Waals surface area contributed by atoms with E-state index in [-0.39, 0.29) is 0 Å². The number of ether oxygens (including phenoxy) is 1. The fraction of sp³-hybridized carbons (Fsp3) is 0.778. The monoisotopic (exact) mass is 196 g/mol. The topological polar surface area (TPSA) is 52.0 Å². The van der Waals surface area contributed by atoms with Crippen molar-refractivity contribution in [3.05, 3.63) is 11.6 Å². The van der Waals surface area contributed by atoms with Crippen LogP contribution in [0.25, 0.3) is 0 Å². The number of rotatable bonds is 4. The molecule has 0 aliphatic carbocycles. The average Bonchev–Trinajstić information content (AvgIpc) is 2.43. The molecule has 1 fully saturated rings. The molecule has 0 aromatic carbocycles. The van der Waals surface area contributed by atoms with Crippen molar-refractivity contribution in [2.45, 2.75) is 19.4 Å². The number of hydrogen-bond acceptors (Lipinski definition) is 4.